The molecule has 20 heavy (non-hydrogen) atoms. The zero-order valence-corrected chi connectivity index (χ0v) is 12.7. The lowest BCUT2D eigenvalue weighted by molar-refractivity contribution is -0.135. The second-order valence-electron chi connectivity index (χ2n) is 6.20. The van der Waals surface area contributed by atoms with Gasteiger partial charge in [-0.05, 0) is 32.0 Å². The normalized spacial score (nSPS) is 19.1. The fourth-order valence-electron chi connectivity index (χ4n) is 2.66. The van der Waals surface area contributed by atoms with E-state index in [9.17, 15) is 4.79 Å². The Morgan fingerprint density at radius 2 is 1.90 bits per heavy atom. The van der Waals surface area contributed by atoms with E-state index < -0.39 is 0 Å². The second-order valence-corrected chi connectivity index (χ2v) is 6.20. The SMILES string of the molecule is CN1CCN(C(=O)Cc2ccccc2CN)CC1(C)C. The monoisotopic (exact) mass is 275 g/mol. The molecule has 1 amide bonds. The van der Waals surface area contributed by atoms with E-state index in [4.69, 9.17) is 5.73 Å². The zero-order valence-electron chi connectivity index (χ0n) is 12.7. The van der Waals surface area contributed by atoms with Crippen molar-refractivity contribution in [2.24, 2.45) is 5.73 Å². The molecule has 4 nitrogen and oxygen atoms in total. The first-order valence-electron chi connectivity index (χ1n) is 7.20. The average Bonchev–Trinajstić information content (AvgIpc) is 2.42. The van der Waals surface area contributed by atoms with Gasteiger partial charge >= 0.3 is 0 Å². The number of likely N-dealkylation sites (N-methyl/N-ethyl adjacent to an activating group) is 1. The number of rotatable bonds is 3. The third kappa shape index (κ3) is 3.19. The van der Waals surface area contributed by atoms with Crippen LogP contribution in [0.1, 0.15) is 25.0 Å². The van der Waals surface area contributed by atoms with Gasteiger partial charge in [-0.2, -0.15) is 0 Å². The lowest BCUT2D eigenvalue weighted by Crippen LogP contribution is -2.59. The van der Waals surface area contributed by atoms with Gasteiger partial charge in [-0.25, -0.2) is 0 Å². The molecule has 0 aromatic heterocycles. The van der Waals surface area contributed by atoms with E-state index >= 15 is 0 Å². The van der Waals surface area contributed by atoms with Crippen molar-refractivity contribution in [3.05, 3.63) is 35.4 Å². The summed E-state index contributed by atoms with van der Waals surface area (Å²) in [5.41, 5.74) is 7.89. The maximum Gasteiger partial charge on any atom is 0.227 e. The molecule has 0 radical (unpaired) electrons. The molecule has 1 saturated heterocycles. The molecular weight excluding hydrogens is 250 g/mol. The smallest absolute Gasteiger partial charge is 0.227 e. The van der Waals surface area contributed by atoms with Crippen molar-refractivity contribution in [2.45, 2.75) is 32.4 Å². The molecule has 2 rings (SSSR count). The summed E-state index contributed by atoms with van der Waals surface area (Å²) in [6, 6.07) is 7.93. The summed E-state index contributed by atoms with van der Waals surface area (Å²) in [6.45, 7) is 7.37. The Balaban J connectivity index is 2.05. The highest BCUT2D eigenvalue weighted by molar-refractivity contribution is 5.79. The van der Waals surface area contributed by atoms with E-state index in [1.807, 2.05) is 29.2 Å². The van der Waals surface area contributed by atoms with Gasteiger partial charge in [-0.3, -0.25) is 9.69 Å². The highest BCUT2D eigenvalue weighted by Gasteiger charge is 2.33. The molecule has 0 unspecified atom stereocenters. The van der Waals surface area contributed by atoms with Gasteiger partial charge in [-0.15, -0.1) is 0 Å². The van der Waals surface area contributed by atoms with Crippen molar-refractivity contribution in [1.29, 1.82) is 0 Å². The lowest BCUT2D eigenvalue weighted by atomic mass is 9.98. The first-order chi connectivity index (χ1) is 9.44. The minimum Gasteiger partial charge on any atom is -0.339 e. The second kappa shape index (κ2) is 5.94. The Labute approximate surface area is 121 Å². The molecule has 110 valence electrons. The van der Waals surface area contributed by atoms with Crippen LogP contribution >= 0.6 is 0 Å². The molecule has 1 heterocycles. The third-order valence-corrected chi connectivity index (χ3v) is 4.35. The average molecular weight is 275 g/mol. The molecule has 2 N–H and O–H groups in total. The highest BCUT2D eigenvalue weighted by Crippen LogP contribution is 2.20. The van der Waals surface area contributed by atoms with Gasteiger partial charge in [0.25, 0.3) is 0 Å². The highest BCUT2D eigenvalue weighted by atomic mass is 16.2. The van der Waals surface area contributed by atoms with Crippen LogP contribution in [0.25, 0.3) is 0 Å². The molecular formula is C16H25N3O. The van der Waals surface area contributed by atoms with Gasteiger partial charge in [0.2, 0.25) is 5.91 Å². The summed E-state index contributed by atoms with van der Waals surface area (Å²) >= 11 is 0. The minimum atomic E-state index is 0.0430. The quantitative estimate of drug-likeness (QED) is 0.903. The van der Waals surface area contributed by atoms with E-state index in [1.165, 1.54) is 0 Å². The topological polar surface area (TPSA) is 49.6 Å². The molecule has 0 spiro atoms. The van der Waals surface area contributed by atoms with E-state index in [-0.39, 0.29) is 11.4 Å². The first kappa shape index (κ1) is 15.0. The van der Waals surface area contributed by atoms with Crippen molar-refractivity contribution in [3.63, 3.8) is 0 Å². The van der Waals surface area contributed by atoms with Crippen LogP contribution < -0.4 is 5.73 Å². The number of hydrogen-bond acceptors (Lipinski definition) is 3. The number of nitrogens with zero attached hydrogens (tertiary/aromatic N) is 2. The van der Waals surface area contributed by atoms with Crippen LogP contribution in [0.4, 0.5) is 0 Å². The number of amides is 1. The lowest BCUT2D eigenvalue weighted by Gasteiger charge is -2.45. The zero-order chi connectivity index (χ0) is 14.8. The summed E-state index contributed by atoms with van der Waals surface area (Å²) in [5, 5.41) is 0. The Bertz CT molecular complexity index is 484. The number of piperazine rings is 1. The fraction of sp³-hybridized carbons (Fsp3) is 0.562. The summed E-state index contributed by atoms with van der Waals surface area (Å²) in [4.78, 5) is 16.8. The number of hydrogen-bond donors (Lipinski definition) is 1. The molecule has 0 atom stereocenters. The molecule has 0 aliphatic carbocycles. The van der Waals surface area contributed by atoms with E-state index in [2.05, 4.69) is 25.8 Å². The molecule has 0 bridgehead atoms. The Morgan fingerprint density at radius 3 is 2.50 bits per heavy atom. The van der Waals surface area contributed by atoms with Gasteiger partial charge in [0.05, 0.1) is 6.42 Å². The Hall–Kier alpha value is -1.39. The molecule has 1 aromatic carbocycles. The van der Waals surface area contributed by atoms with Gasteiger partial charge in [0.1, 0.15) is 0 Å². The van der Waals surface area contributed by atoms with Crippen LogP contribution in [0.15, 0.2) is 24.3 Å². The summed E-state index contributed by atoms with van der Waals surface area (Å²) in [5.74, 6) is 0.201. The summed E-state index contributed by atoms with van der Waals surface area (Å²) in [7, 11) is 2.12. The van der Waals surface area contributed by atoms with Crippen molar-refractivity contribution in [2.75, 3.05) is 26.7 Å². The Morgan fingerprint density at radius 1 is 1.25 bits per heavy atom. The predicted octanol–water partition coefficient (Wildman–Crippen LogP) is 1.24. The van der Waals surface area contributed by atoms with E-state index in [0.717, 1.165) is 30.8 Å². The summed E-state index contributed by atoms with van der Waals surface area (Å²) < 4.78 is 0. The van der Waals surface area contributed by atoms with Crippen LogP contribution in [0.3, 0.4) is 0 Å². The fourth-order valence-corrected chi connectivity index (χ4v) is 2.66. The predicted molar refractivity (Wildman–Crippen MR) is 81.3 cm³/mol. The molecule has 1 aromatic rings. The van der Waals surface area contributed by atoms with Gasteiger partial charge in [-0.1, -0.05) is 24.3 Å². The van der Waals surface area contributed by atoms with Crippen molar-refractivity contribution < 1.29 is 4.79 Å². The van der Waals surface area contributed by atoms with Gasteiger partial charge < -0.3 is 10.6 Å². The van der Waals surface area contributed by atoms with Gasteiger partial charge in [0.15, 0.2) is 0 Å². The summed E-state index contributed by atoms with van der Waals surface area (Å²) in [6.07, 6.45) is 0.452. The maximum atomic E-state index is 12.5. The largest absolute Gasteiger partial charge is 0.339 e. The van der Waals surface area contributed by atoms with Crippen molar-refractivity contribution >= 4 is 5.91 Å². The molecule has 1 fully saturated rings. The molecule has 0 saturated carbocycles. The van der Waals surface area contributed by atoms with E-state index in [0.29, 0.717) is 13.0 Å². The van der Waals surface area contributed by atoms with Gasteiger partial charge in [0, 0.05) is 31.7 Å². The Kier molecular flexibility index (Phi) is 4.45. The minimum absolute atomic E-state index is 0.0430. The maximum absolute atomic E-state index is 12.5. The first-order valence-corrected chi connectivity index (χ1v) is 7.20. The molecule has 1 aliphatic rings. The third-order valence-electron chi connectivity index (χ3n) is 4.35. The molecule has 4 heteroatoms. The number of benzene rings is 1. The van der Waals surface area contributed by atoms with Crippen LogP contribution in [0.2, 0.25) is 0 Å². The van der Waals surface area contributed by atoms with Crippen LogP contribution in [-0.4, -0.2) is 47.9 Å². The number of nitrogens with two attached hydrogens (primary N) is 1. The standard InChI is InChI=1S/C16H25N3O/c1-16(2)12-19(9-8-18(16)3)15(20)10-13-6-4-5-7-14(13)11-17/h4-7H,8-12,17H2,1-3H3. The molecule has 1 aliphatic heterocycles. The van der Waals surface area contributed by atoms with Crippen molar-refractivity contribution in [3.8, 4) is 0 Å². The van der Waals surface area contributed by atoms with Crippen LogP contribution in [0, 0.1) is 0 Å². The van der Waals surface area contributed by atoms with Crippen molar-refractivity contribution in [1.82, 2.24) is 9.80 Å². The van der Waals surface area contributed by atoms with Crippen LogP contribution in [0.5, 0.6) is 0 Å². The number of carbonyl (C=O) groups is 1. The number of carbonyl (C=O) groups excluding carboxylic acids is 1. The van der Waals surface area contributed by atoms with E-state index in [1.54, 1.807) is 0 Å². The van der Waals surface area contributed by atoms with Crippen LogP contribution in [-0.2, 0) is 17.8 Å².